The van der Waals surface area contributed by atoms with Crippen molar-refractivity contribution in [3.05, 3.63) is 47.4 Å². The quantitative estimate of drug-likeness (QED) is 0.495. The van der Waals surface area contributed by atoms with Crippen LogP contribution in [0.15, 0.2) is 41.8 Å². The van der Waals surface area contributed by atoms with Crippen molar-refractivity contribution in [2.45, 2.75) is 17.8 Å². The van der Waals surface area contributed by atoms with Crippen molar-refractivity contribution in [1.82, 2.24) is 10.2 Å². The lowest BCUT2D eigenvalue weighted by molar-refractivity contribution is -0.151. The predicted octanol–water partition coefficient (Wildman–Crippen LogP) is 0.156. The number of hydrogen-bond acceptors (Lipinski definition) is 7. The number of thioether (sulfide) groups is 1. The molecule has 1 saturated heterocycles. The summed E-state index contributed by atoms with van der Waals surface area (Å²) in [5.41, 5.74) is -0.0107. The number of rotatable bonds is 6. The number of fused-ring (bicyclic) bond motifs is 1. The highest BCUT2D eigenvalue weighted by Gasteiger charge is 2.55. The molecule has 2 aliphatic heterocycles. The minimum Gasteiger partial charge on any atom is -0.476 e. The topological polar surface area (TPSA) is 130 Å². The first kappa shape index (κ1) is 19.2. The van der Waals surface area contributed by atoms with E-state index in [9.17, 15) is 31.8 Å². The molecule has 12 heteroatoms. The van der Waals surface area contributed by atoms with Gasteiger partial charge in [-0.3, -0.25) is 14.5 Å². The zero-order valence-corrected chi connectivity index (χ0v) is 15.1. The third-order valence-electron chi connectivity index (χ3n) is 3.86. The molecule has 27 heavy (non-hydrogen) atoms. The number of aliphatic carboxylic acids is 1. The van der Waals surface area contributed by atoms with Crippen LogP contribution in [0.2, 0.25) is 0 Å². The van der Waals surface area contributed by atoms with Gasteiger partial charge in [0.25, 0.3) is 5.91 Å². The minimum atomic E-state index is -5.43. The van der Waals surface area contributed by atoms with Crippen molar-refractivity contribution < 1.29 is 36.0 Å². The van der Waals surface area contributed by atoms with E-state index in [1.54, 1.807) is 30.3 Å². The number of nitrogens with one attached hydrogen (secondary N) is 1. The van der Waals surface area contributed by atoms with E-state index in [0.29, 0.717) is 0 Å². The molecule has 1 unspecified atom stereocenters. The van der Waals surface area contributed by atoms with E-state index < -0.39 is 51.2 Å². The fraction of sp³-hybridized carbons (Fsp3) is 0.267. The summed E-state index contributed by atoms with van der Waals surface area (Å²) in [5.74, 6) is -3.78. The van der Waals surface area contributed by atoms with Crippen LogP contribution in [-0.4, -0.2) is 53.4 Å². The molecule has 1 aromatic carbocycles. The van der Waals surface area contributed by atoms with Crippen molar-refractivity contribution >= 4 is 40.0 Å². The van der Waals surface area contributed by atoms with Crippen molar-refractivity contribution in [3.8, 4) is 0 Å². The second-order valence-electron chi connectivity index (χ2n) is 5.67. The zero-order valence-electron chi connectivity index (χ0n) is 13.5. The Morgan fingerprint density at radius 1 is 1.33 bits per heavy atom. The summed E-state index contributed by atoms with van der Waals surface area (Å²) in [7, 11) is -5.43. The van der Waals surface area contributed by atoms with Gasteiger partial charge in [-0.25, -0.2) is 4.79 Å². The highest BCUT2D eigenvalue weighted by molar-refractivity contribution is 8.00. The second kappa shape index (κ2) is 7.19. The fourth-order valence-corrected chi connectivity index (χ4v) is 4.49. The normalized spacial score (nSPS) is 22.0. The number of halogens is 1. The van der Waals surface area contributed by atoms with Crippen LogP contribution in [0.3, 0.4) is 0 Å². The molecular formula is C15H13FN2O7S2. The summed E-state index contributed by atoms with van der Waals surface area (Å²) in [4.78, 5) is 36.6. The molecule has 9 nitrogen and oxygen atoms in total. The van der Waals surface area contributed by atoms with Gasteiger partial charge in [-0.05, 0) is 5.56 Å². The van der Waals surface area contributed by atoms with Gasteiger partial charge in [0.2, 0.25) is 5.91 Å². The van der Waals surface area contributed by atoms with E-state index in [2.05, 4.69) is 9.50 Å². The lowest BCUT2D eigenvalue weighted by Gasteiger charge is -2.48. The van der Waals surface area contributed by atoms with Crippen LogP contribution in [0, 0.1) is 0 Å². The highest BCUT2D eigenvalue weighted by atomic mass is 32.3. The van der Waals surface area contributed by atoms with Crippen molar-refractivity contribution in [1.29, 1.82) is 0 Å². The van der Waals surface area contributed by atoms with E-state index in [0.717, 1.165) is 22.2 Å². The van der Waals surface area contributed by atoms with Crippen molar-refractivity contribution in [3.63, 3.8) is 0 Å². The minimum absolute atomic E-state index is 0.0398. The maximum absolute atomic E-state index is 12.8. The summed E-state index contributed by atoms with van der Waals surface area (Å²) in [6, 6.07) is 7.85. The molecule has 2 atom stereocenters. The number of carboxylic acid groups (broad SMARTS) is 1. The average Bonchev–Trinajstić information content (AvgIpc) is 2.58. The van der Waals surface area contributed by atoms with E-state index >= 15 is 0 Å². The lowest BCUT2D eigenvalue weighted by Crippen LogP contribution is -2.70. The van der Waals surface area contributed by atoms with E-state index in [-0.39, 0.29) is 12.2 Å². The standard InChI is InChI=1S/C15H13FN2O7S2/c16-27(23,24)25-9-7-26-14-11(13(20)18(14)12(9)15(21)22)17-10(19)6-8-4-2-1-3-5-8/h1-5,11,14H,6-7H2,(H,17,19)(H,21,22)/t11?,14-/m0/s1. The molecule has 3 rings (SSSR count). The summed E-state index contributed by atoms with van der Waals surface area (Å²) in [6.45, 7) is 0. The van der Waals surface area contributed by atoms with Crippen LogP contribution < -0.4 is 5.32 Å². The molecule has 2 N–H and O–H groups in total. The van der Waals surface area contributed by atoms with E-state index in [1.165, 1.54) is 0 Å². The third-order valence-corrected chi connectivity index (χ3v) is 5.51. The van der Waals surface area contributed by atoms with Crippen molar-refractivity contribution in [2.75, 3.05) is 5.75 Å². The maximum atomic E-state index is 12.8. The molecule has 2 aliphatic rings. The molecule has 0 radical (unpaired) electrons. The van der Waals surface area contributed by atoms with Crippen LogP contribution in [0.1, 0.15) is 5.56 Å². The monoisotopic (exact) mass is 416 g/mol. The fourth-order valence-electron chi connectivity index (χ4n) is 2.78. The first-order chi connectivity index (χ1) is 12.7. The number of benzene rings is 1. The molecular weight excluding hydrogens is 403 g/mol. The third kappa shape index (κ3) is 4.06. The molecule has 0 spiro atoms. The molecule has 0 saturated carbocycles. The summed E-state index contributed by atoms with van der Waals surface area (Å²) < 4.78 is 38.1. The molecule has 2 heterocycles. The Kier molecular flexibility index (Phi) is 5.11. The van der Waals surface area contributed by atoms with Gasteiger partial charge in [-0.1, -0.05) is 34.2 Å². The number of carboxylic acids is 1. The number of nitrogens with zero attached hydrogens (tertiary/aromatic N) is 1. The van der Waals surface area contributed by atoms with Gasteiger partial charge in [0, 0.05) is 0 Å². The number of amides is 2. The summed E-state index contributed by atoms with van der Waals surface area (Å²) in [6.07, 6.45) is 0.0398. The number of β-lactam (4-membered cyclic amide) rings is 1. The molecule has 1 fully saturated rings. The van der Waals surface area contributed by atoms with Gasteiger partial charge in [-0.2, -0.15) is 8.42 Å². The van der Waals surface area contributed by atoms with Gasteiger partial charge < -0.3 is 14.6 Å². The van der Waals surface area contributed by atoms with Crippen LogP contribution in [0.25, 0.3) is 0 Å². The summed E-state index contributed by atoms with van der Waals surface area (Å²) >= 11 is 0.956. The average molecular weight is 416 g/mol. The smallest absolute Gasteiger partial charge is 0.476 e. The van der Waals surface area contributed by atoms with Gasteiger partial charge in [-0.15, -0.1) is 11.8 Å². The molecule has 1 aromatic rings. The van der Waals surface area contributed by atoms with Gasteiger partial charge >= 0.3 is 16.5 Å². The largest absolute Gasteiger partial charge is 0.488 e. The first-order valence-electron chi connectivity index (χ1n) is 7.56. The highest BCUT2D eigenvalue weighted by Crippen LogP contribution is 2.41. The Hall–Kier alpha value is -2.60. The number of carbonyl (C=O) groups is 3. The Bertz CT molecular complexity index is 933. The predicted molar refractivity (Wildman–Crippen MR) is 90.9 cm³/mol. The van der Waals surface area contributed by atoms with Crippen LogP contribution in [0.5, 0.6) is 0 Å². The molecule has 2 amide bonds. The van der Waals surface area contributed by atoms with Crippen LogP contribution >= 0.6 is 11.8 Å². The second-order valence-corrected chi connectivity index (χ2v) is 7.73. The van der Waals surface area contributed by atoms with Crippen LogP contribution in [-0.2, 0) is 35.5 Å². The van der Waals surface area contributed by atoms with Crippen molar-refractivity contribution in [2.24, 2.45) is 0 Å². The summed E-state index contributed by atoms with van der Waals surface area (Å²) in [5, 5.41) is 11.0. The molecule has 0 aromatic heterocycles. The molecule has 144 valence electrons. The first-order valence-corrected chi connectivity index (χ1v) is 9.91. The SMILES string of the molecule is O=C(Cc1ccccc1)NC1C(=O)N2C(C(=O)O)=C(OS(=O)(=O)F)CS[C@@H]12. The van der Waals surface area contributed by atoms with E-state index in [4.69, 9.17) is 0 Å². The number of hydrogen-bond donors (Lipinski definition) is 2. The Labute approximate surface area is 157 Å². The van der Waals surface area contributed by atoms with E-state index in [1.807, 2.05) is 0 Å². The lowest BCUT2D eigenvalue weighted by atomic mass is 10.0. The van der Waals surface area contributed by atoms with Gasteiger partial charge in [0.1, 0.15) is 11.4 Å². The molecule has 0 bridgehead atoms. The zero-order chi connectivity index (χ0) is 19.8. The molecule has 0 aliphatic carbocycles. The van der Waals surface area contributed by atoms with Gasteiger partial charge in [0.15, 0.2) is 11.5 Å². The Morgan fingerprint density at radius 3 is 2.59 bits per heavy atom. The number of carbonyl (C=O) groups excluding carboxylic acids is 2. The Balaban J connectivity index is 1.73. The van der Waals surface area contributed by atoms with Gasteiger partial charge in [0.05, 0.1) is 12.2 Å². The van der Waals surface area contributed by atoms with Crippen LogP contribution in [0.4, 0.5) is 3.89 Å². The maximum Gasteiger partial charge on any atom is 0.488 e. The Morgan fingerprint density at radius 2 is 2.00 bits per heavy atom.